The van der Waals surface area contributed by atoms with E-state index in [1.54, 1.807) is 0 Å². The van der Waals surface area contributed by atoms with Crippen LogP contribution in [0.1, 0.15) is 38.4 Å². The maximum absolute atomic E-state index is 5.64. The third-order valence-electron chi connectivity index (χ3n) is 5.16. The van der Waals surface area contributed by atoms with Crippen molar-refractivity contribution in [2.45, 2.75) is 45.2 Å². The molecule has 1 aromatic heterocycles. The summed E-state index contributed by atoms with van der Waals surface area (Å²) in [5.41, 5.74) is 2.59. The number of rotatable bonds is 6. The van der Waals surface area contributed by atoms with E-state index in [2.05, 4.69) is 41.2 Å². The Balaban J connectivity index is 1.58. The quantitative estimate of drug-likeness (QED) is 0.825. The summed E-state index contributed by atoms with van der Waals surface area (Å²) in [6, 6.07) is 0.529. The summed E-state index contributed by atoms with van der Waals surface area (Å²) < 4.78 is 11.2. The standard InChI is InChI=1S/C18H32N4O2/c1-18(2,3)17-15(11-20-21-17)10-19-12-16(14-4-7-24-13-14)22-5-8-23-9-6-22/h11,14,16,19H,4-10,12-13H2,1-3H3,(H,20,21)/t14-,16-/m0/s1. The normalized spacial score (nSPS) is 24.4. The fraction of sp³-hybridized carbons (Fsp3) is 0.833. The van der Waals surface area contributed by atoms with E-state index in [0.717, 1.165) is 52.6 Å². The van der Waals surface area contributed by atoms with Gasteiger partial charge in [0.2, 0.25) is 0 Å². The van der Waals surface area contributed by atoms with E-state index >= 15 is 0 Å². The summed E-state index contributed by atoms with van der Waals surface area (Å²) >= 11 is 0. The number of nitrogens with one attached hydrogen (secondary N) is 2. The number of morpholine rings is 1. The number of ether oxygens (including phenoxy) is 2. The van der Waals surface area contributed by atoms with Crippen LogP contribution in [0.3, 0.4) is 0 Å². The Kier molecular flexibility index (Phi) is 5.92. The summed E-state index contributed by atoms with van der Waals surface area (Å²) in [7, 11) is 0. The van der Waals surface area contributed by atoms with Crippen molar-refractivity contribution in [3.05, 3.63) is 17.5 Å². The van der Waals surface area contributed by atoms with E-state index in [9.17, 15) is 0 Å². The van der Waals surface area contributed by atoms with Crippen LogP contribution >= 0.6 is 0 Å². The lowest BCUT2D eigenvalue weighted by Gasteiger charge is -2.37. The zero-order chi connectivity index (χ0) is 17.0. The Morgan fingerprint density at radius 3 is 2.75 bits per heavy atom. The average molecular weight is 336 g/mol. The van der Waals surface area contributed by atoms with Crippen molar-refractivity contribution in [3.8, 4) is 0 Å². The molecule has 2 aliphatic heterocycles. The van der Waals surface area contributed by atoms with Crippen LogP contribution in [-0.2, 0) is 21.4 Å². The number of H-pyrrole nitrogens is 1. The van der Waals surface area contributed by atoms with E-state index in [-0.39, 0.29) is 5.41 Å². The predicted octanol–water partition coefficient (Wildman–Crippen LogP) is 1.53. The van der Waals surface area contributed by atoms with Gasteiger partial charge < -0.3 is 14.8 Å². The Hall–Kier alpha value is -0.950. The lowest BCUT2D eigenvalue weighted by Crippen LogP contribution is -2.51. The highest BCUT2D eigenvalue weighted by Crippen LogP contribution is 2.24. The predicted molar refractivity (Wildman–Crippen MR) is 94.1 cm³/mol. The van der Waals surface area contributed by atoms with Gasteiger partial charge in [-0.05, 0) is 6.42 Å². The molecule has 2 N–H and O–H groups in total. The molecule has 0 aromatic carbocycles. The molecular formula is C18H32N4O2. The highest BCUT2D eigenvalue weighted by Gasteiger charge is 2.31. The van der Waals surface area contributed by atoms with Gasteiger partial charge in [0.15, 0.2) is 0 Å². The molecule has 136 valence electrons. The fourth-order valence-electron chi connectivity index (χ4n) is 3.81. The largest absolute Gasteiger partial charge is 0.381 e. The van der Waals surface area contributed by atoms with Gasteiger partial charge in [0.25, 0.3) is 0 Å². The number of aromatic amines is 1. The third kappa shape index (κ3) is 4.36. The summed E-state index contributed by atoms with van der Waals surface area (Å²) in [6.07, 6.45) is 3.12. The van der Waals surface area contributed by atoms with E-state index < -0.39 is 0 Å². The fourth-order valence-corrected chi connectivity index (χ4v) is 3.81. The van der Waals surface area contributed by atoms with Gasteiger partial charge in [0, 0.05) is 61.4 Å². The first-order valence-corrected chi connectivity index (χ1v) is 9.18. The lowest BCUT2D eigenvalue weighted by atomic mass is 9.89. The van der Waals surface area contributed by atoms with Crippen LogP contribution in [0.15, 0.2) is 6.20 Å². The highest BCUT2D eigenvalue weighted by atomic mass is 16.5. The van der Waals surface area contributed by atoms with Gasteiger partial charge in [0.1, 0.15) is 0 Å². The molecule has 3 heterocycles. The smallest absolute Gasteiger partial charge is 0.0594 e. The average Bonchev–Trinajstić information content (AvgIpc) is 3.23. The van der Waals surface area contributed by atoms with Crippen LogP contribution in [0.4, 0.5) is 0 Å². The van der Waals surface area contributed by atoms with Crippen LogP contribution in [0.25, 0.3) is 0 Å². The van der Waals surface area contributed by atoms with Crippen molar-refractivity contribution in [3.63, 3.8) is 0 Å². The van der Waals surface area contributed by atoms with Gasteiger partial charge in [-0.15, -0.1) is 0 Å². The topological polar surface area (TPSA) is 62.4 Å². The van der Waals surface area contributed by atoms with Crippen molar-refractivity contribution >= 4 is 0 Å². The molecule has 6 heteroatoms. The van der Waals surface area contributed by atoms with E-state index in [4.69, 9.17) is 9.47 Å². The first kappa shape index (κ1) is 17.9. The van der Waals surface area contributed by atoms with Gasteiger partial charge in [-0.1, -0.05) is 20.8 Å². The van der Waals surface area contributed by atoms with Gasteiger partial charge in [-0.2, -0.15) is 5.10 Å². The van der Waals surface area contributed by atoms with E-state index in [1.165, 1.54) is 17.7 Å². The second kappa shape index (κ2) is 7.95. The Morgan fingerprint density at radius 2 is 2.08 bits per heavy atom. The maximum atomic E-state index is 5.64. The minimum absolute atomic E-state index is 0.0937. The molecule has 2 fully saturated rings. The Labute approximate surface area is 145 Å². The molecule has 2 saturated heterocycles. The third-order valence-corrected chi connectivity index (χ3v) is 5.16. The molecular weight excluding hydrogens is 304 g/mol. The first-order valence-electron chi connectivity index (χ1n) is 9.18. The Bertz CT molecular complexity index is 499. The molecule has 0 saturated carbocycles. The van der Waals surface area contributed by atoms with E-state index in [1.807, 2.05) is 6.20 Å². The molecule has 1 aromatic rings. The molecule has 0 unspecified atom stereocenters. The molecule has 0 amide bonds. The zero-order valence-electron chi connectivity index (χ0n) is 15.3. The second-order valence-corrected chi connectivity index (χ2v) is 7.99. The number of nitrogens with zero attached hydrogens (tertiary/aromatic N) is 2. The van der Waals surface area contributed by atoms with E-state index in [0.29, 0.717) is 12.0 Å². The van der Waals surface area contributed by atoms with Gasteiger partial charge in [-0.25, -0.2) is 0 Å². The van der Waals surface area contributed by atoms with Crippen molar-refractivity contribution in [1.82, 2.24) is 20.4 Å². The summed E-state index contributed by atoms with van der Waals surface area (Å²) in [4.78, 5) is 2.58. The minimum Gasteiger partial charge on any atom is -0.381 e. The number of hydrogen-bond donors (Lipinski definition) is 2. The highest BCUT2D eigenvalue weighted by molar-refractivity contribution is 5.23. The molecule has 0 radical (unpaired) electrons. The molecule has 0 spiro atoms. The minimum atomic E-state index is 0.0937. The van der Waals surface area contributed by atoms with Crippen LogP contribution in [-0.4, -0.2) is 67.2 Å². The molecule has 2 atom stereocenters. The van der Waals surface area contributed by atoms with Crippen molar-refractivity contribution < 1.29 is 9.47 Å². The summed E-state index contributed by atoms with van der Waals surface area (Å²) in [5, 5.41) is 11.1. The van der Waals surface area contributed by atoms with Crippen LogP contribution in [0, 0.1) is 5.92 Å². The van der Waals surface area contributed by atoms with Crippen LogP contribution < -0.4 is 5.32 Å². The second-order valence-electron chi connectivity index (χ2n) is 7.99. The van der Waals surface area contributed by atoms with Crippen molar-refractivity contribution in [2.24, 2.45) is 5.92 Å². The Morgan fingerprint density at radius 1 is 1.29 bits per heavy atom. The molecule has 3 rings (SSSR count). The van der Waals surface area contributed by atoms with Gasteiger partial charge >= 0.3 is 0 Å². The number of hydrogen-bond acceptors (Lipinski definition) is 5. The molecule has 2 aliphatic rings. The molecule has 6 nitrogen and oxygen atoms in total. The SMILES string of the molecule is CC(C)(C)c1[nH]ncc1CNC[C@@H]([C@H]1CCOC1)N1CCOCC1. The van der Waals surface area contributed by atoms with Gasteiger partial charge in [-0.3, -0.25) is 10.00 Å². The van der Waals surface area contributed by atoms with Crippen LogP contribution in [0.5, 0.6) is 0 Å². The summed E-state index contributed by atoms with van der Waals surface area (Å²) in [6.45, 7) is 14.1. The number of aromatic nitrogens is 2. The van der Waals surface area contributed by atoms with Gasteiger partial charge in [0.05, 0.1) is 26.0 Å². The molecule has 0 bridgehead atoms. The summed E-state index contributed by atoms with van der Waals surface area (Å²) in [5.74, 6) is 0.627. The maximum Gasteiger partial charge on any atom is 0.0594 e. The van der Waals surface area contributed by atoms with Crippen LogP contribution in [0.2, 0.25) is 0 Å². The zero-order valence-corrected chi connectivity index (χ0v) is 15.3. The van der Waals surface area contributed by atoms with Crippen molar-refractivity contribution in [2.75, 3.05) is 46.1 Å². The molecule has 24 heavy (non-hydrogen) atoms. The molecule has 0 aliphatic carbocycles. The lowest BCUT2D eigenvalue weighted by molar-refractivity contribution is 0.00136. The first-order chi connectivity index (χ1) is 11.6. The monoisotopic (exact) mass is 336 g/mol. The van der Waals surface area contributed by atoms with Crippen molar-refractivity contribution in [1.29, 1.82) is 0 Å².